The maximum absolute atomic E-state index is 12.5. The van der Waals surface area contributed by atoms with Crippen molar-refractivity contribution in [3.8, 4) is 17.0 Å². The Bertz CT molecular complexity index is 1100. The summed E-state index contributed by atoms with van der Waals surface area (Å²) in [5, 5.41) is 5.40. The fourth-order valence-electron chi connectivity index (χ4n) is 2.98. The molecule has 1 heterocycles. The van der Waals surface area contributed by atoms with Gasteiger partial charge < -0.3 is 15.4 Å². The van der Waals surface area contributed by atoms with E-state index in [9.17, 15) is 9.59 Å². The number of carbonyl (C=O) groups is 2. The highest BCUT2D eigenvalue weighted by Crippen LogP contribution is 2.25. The Kier molecular flexibility index (Phi) is 6.84. The van der Waals surface area contributed by atoms with E-state index in [0.717, 1.165) is 21.3 Å². The summed E-state index contributed by atoms with van der Waals surface area (Å²) in [5.74, 6) is -0.140. The van der Waals surface area contributed by atoms with Gasteiger partial charge in [-0.3, -0.25) is 14.6 Å². The average molecular weight is 468 g/mol. The summed E-state index contributed by atoms with van der Waals surface area (Å²) in [7, 11) is 1.54. The van der Waals surface area contributed by atoms with Crippen molar-refractivity contribution in [3.05, 3.63) is 75.9 Å². The number of methoxy groups -OCH3 is 1. The fourth-order valence-corrected chi connectivity index (χ4v) is 3.38. The molecule has 30 heavy (non-hydrogen) atoms. The zero-order chi connectivity index (χ0) is 21.7. The molecule has 0 radical (unpaired) electrons. The van der Waals surface area contributed by atoms with Crippen molar-refractivity contribution in [1.82, 2.24) is 10.3 Å². The topological polar surface area (TPSA) is 80.3 Å². The van der Waals surface area contributed by atoms with E-state index in [1.54, 1.807) is 25.1 Å². The van der Waals surface area contributed by atoms with Crippen LogP contribution in [0.1, 0.15) is 21.6 Å². The van der Waals surface area contributed by atoms with E-state index in [2.05, 4.69) is 31.5 Å². The van der Waals surface area contributed by atoms with E-state index < -0.39 is 0 Å². The molecule has 154 valence electrons. The van der Waals surface area contributed by atoms with Gasteiger partial charge in [-0.05, 0) is 55.8 Å². The minimum absolute atomic E-state index is 0.164. The molecule has 2 amide bonds. The summed E-state index contributed by atoms with van der Waals surface area (Å²) >= 11 is 3.45. The molecule has 6 nitrogen and oxygen atoms in total. The molecule has 0 aliphatic heterocycles. The van der Waals surface area contributed by atoms with E-state index in [-0.39, 0.29) is 18.4 Å². The first-order valence-electron chi connectivity index (χ1n) is 9.33. The number of anilines is 1. The van der Waals surface area contributed by atoms with Crippen molar-refractivity contribution >= 4 is 33.4 Å². The number of halogens is 1. The lowest BCUT2D eigenvalue weighted by Gasteiger charge is -2.12. The molecule has 0 saturated carbocycles. The predicted molar refractivity (Wildman–Crippen MR) is 121 cm³/mol. The van der Waals surface area contributed by atoms with E-state index in [4.69, 9.17) is 4.74 Å². The van der Waals surface area contributed by atoms with Crippen LogP contribution in [0.5, 0.6) is 5.75 Å². The molecule has 2 aromatic carbocycles. The average Bonchev–Trinajstić information content (AvgIpc) is 2.72. The molecule has 1 aromatic heterocycles. The lowest BCUT2D eigenvalue weighted by atomic mass is 10.1. The quantitative estimate of drug-likeness (QED) is 0.558. The molecule has 0 bridgehead atoms. The number of benzene rings is 2. The van der Waals surface area contributed by atoms with Gasteiger partial charge >= 0.3 is 0 Å². The summed E-state index contributed by atoms with van der Waals surface area (Å²) in [6.45, 7) is 3.53. The van der Waals surface area contributed by atoms with Crippen LogP contribution in [0.15, 0.2) is 59.1 Å². The van der Waals surface area contributed by atoms with Crippen molar-refractivity contribution in [2.24, 2.45) is 0 Å². The first-order chi connectivity index (χ1) is 14.4. The van der Waals surface area contributed by atoms with Crippen LogP contribution in [0.3, 0.4) is 0 Å². The summed E-state index contributed by atoms with van der Waals surface area (Å²) < 4.78 is 6.21. The maximum atomic E-state index is 12.5. The van der Waals surface area contributed by atoms with Gasteiger partial charge in [0.2, 0.25) is 5.91 Å². The molecular weight excluding hydrogens is 446 g/mol. The number of hydrogen-bond acceptors (Lipinski definition) is 4. The van der Waals surface area contributed by atoms with Gasteiger partial charge in [0.05, 0.1) is 36.3 Å². The third-order valence-electron chi connectivity index (χ3n) is 4.49. The van der Waals surface area contributed by atoms with Gasteiger partial charge in [0, 0.05) is 10.0 Å². The molecule has 7 heteroatoms. The lowest BCUT2D eigenvalue weighted by Crippen LogP contribution is -2.33. The zero-order valence-corrected chi connectivity index (χ0v) is 18.5. The molecule has 0 aliphatic carbocycles. The molecule has 0 spiro atoms. The Balaban J connectivity index is 1.65. The molecule has 0 saturated heterocycles. The smallest absolute Gasteiger partial charge is 0.253 e. The van der Waals surface area contributed by atoms with Crippen molar-refractivity contribution in [3.63, 3.8) is 0 Å². The van der Waals surface area contributed by atoms with Crippen LogP contribution in [-0.4, -0.2) is 30.5 Å². The Morgan fingerprint density at radius 2 is 1.87 bits per heavy atom. The number of hydrogen-bond donors (Lipinski definition) is 2. The Hall–Kier alpha value is -3.19. The van der Waals surface area contributed by atoms with Gasteiger partial charge in [-0.25, -0.2) is 0 Å². The van der Waals surface area contributed by atoms with E-state index in [0.29, 0.717) is 22.7 Å². The van der Waals surface area contributed by atoms with Crippen molar-refractivity contribution in [1.29, 1.82) is 0 Å². The Morgan fingerprint density at radius 1 is 1.07 bits per heavy atom. The summed E-state index contributed by atoms with van der Waals surface area (Å²) in [5.41, 5.74) is 4.29. The van der Waals surface area contributed by atoms with Gasteiger partial charge in [0.1, 0.15) is 5.75 Å². The van der Waals surface area contributed by atoms with Gasteiger partial charge in [-0.2, -0.15) is 0 Å². The van der Waals surface area contributed by atoms with Crippen LogP contribution in [0.25, 0.3) is 11.3 Å². The van der Waals surface area contributed by atoms with Crippen molar-refractivity contribution in [2.75, 3.05) is 19.0 Å². The third-order valence-corrected chi connectivity index (χ3v) is 4.98. The number of ether oxygens (including phenoxy) is 1. The largest absolute Gasteiger partial charge is 0.495 e. The first kappa shape index (κ1) is 21.5. The SMILES string of the molecule is COc1ccc(C)cc1NC(=O)CNC(=O)c1ccc(-c2cccc(Br)c2)nc1C. The molecule has 3 rings (SSSR count). The number of pyridine rings is 1. The molecule has 2 N–H and O–H groups in total. The van der Waals surface area contributed by atoms with Crippen molar-refractivity contribution in [2.45, 2.75) is 13.8 Å². The van der Waals surface area contributed by atoms with E-state index in [1.165, 1.54) is 7.11 Å². The van der Waals surface area contributed by atoms with Gasteiger partial charge in [0.15, 0.2) is 0 Å². The molecule has 0 aliphatic rings. The number of nitrogens with zero attached hydrogens (tertiary/aromatic N) is 1. The van der Waals surface area contributed by atoms with E-state index in [1.807, 2.05) is 43.3 Å². The Labute approximate surface area is 183 Å². The molecule has 0 fully saturated rings. The number of amides is 2. The van der Waals surface area contributed by atoms with Crippen LogP contribution in [0.4, 0.5) is 5.69 Å². The molecule has 0 unspecified atom stereocenters. The second-order valence-electron chi connectivity index (χ2n) is 6.77. The van der Waals surface area contributed by atoms with Crippen LogP contribution in [-0.2, 0) is 4.79 Å². The second-order valence-corrected chi connectivity index (χ2v) is 7.69. The summed E-state index contributed by atoms with van der Waals surface area (Å²) in [4.78, 5) is 29.4. The number of carbonyl (C=O) groups excluding carboxylic acids is 2. The molecule has 3 aromatic rings. The first-order valence-corrected chi connectivity index (χ1v) is 10.1. The third kappa shape index (κ3) is 5.24. The van der Waals surface area contributed by atoms with Crippen LogP contribution < -0.4 is 15.4 Å². The summed E-state index contributed by atoms with van der Waals surface area (Å²) in [6.07, 6.45) is 0. The van der Waals surface area contributed by atoms with Gasteiger partial charge in [-0.1, -0.05) is 34.1 Å². The maximum Gasteiger partial charge on any atom is 0.253 e. The minimum Gasteiger partial charge on any atom is -0.495 e. The minimum atomic E-state index is -0.354. The van der Waals surface area contributed by atoms with Crippen LogP contribution in [0.2, 0.25) is 0 Å². The predicted octanol–water partition coefficient (Wildman–Crippen LogP) is 4.51. The van der Waals surface area contributed by atoms with Crippen LogP contribution >= 0.6 is 15.9 Å². The second kappa shape index (κ2) is 9.54. The van der Waals surface area contributed by atoms with Crippen LogP contribution in [0, 0.1) is 13.8 Å². The normalized spacial score (nSPS) is 10.4. The fraction of sp³-hybridized carbons (Fsp3) is 0.174. The molecular formula is C23H22BrN3O3. The zero-order valence-electron chi connectivity index (χ0n) is 17.0. The number of aryl methyl sites for hydroxylation is 2. The number of aromatic nitrogens is 1. The van der Waals surface area contributed by atoms with Crippen molar-refractivity contribution < 1.29 is 14.3 Å². The van der Waals surface area contributed by atoms with Gasteiger partial charge in [0.25, 0.3) is 5.91 Å². The highest BCUT2D eigenvalue weighted by molar-refractivity contribution is 9.10. The highest BCUT2D eigenvalue weighted by Gasteiger charge is 2.14. The Morgan fingerprint density at radius 3 is 2.57 bits per heavy atom. The van der Waals surface area contributed by atoms with E-state index >= 15 is 0 Å². The summed E-state index contributed by atoms with van der Waals surface area (Å²) in [6, 6.07) is 16.8. The number of rotatable bonds is 6. The molecule has 0 atom stereocenters. The standard InChI is InChI=1S/C23H22BrN3O3/c1-14-7-10-21(30-3)20(11-14)27-22(28)13-25-23(29)18-8-9-19(26-15(18)2)16-5-4-6-17(24)12-16/h4-12H,13H2,1-3H3,(H,25,29)(H,27,28). The highest BCUT2D eigenvalue weighted by atomic mass is 79.9. The number of nitrogens with one attached hydrogen (secondary N) is 2. The lowest BCUT2D eigenvalue weighted by molar-refractivity contribution is -0.115. The monoisotopic (exact) mass is 467 g/mol. The van der Waals surface area contributed by atoms with Gasteiger partial charge in [-0.15, -0.1) is 0 Å².